The van der Waals surface area contributed by atoms with Crippen LogP contribution in [0.5, 0.6) is 0 Å². The topological polar surface area (TPSA) is 56.8 Å². The Morgan fingerprint density at radius 2 is 2.33 bits per heavy atom. The Bertz CT molecular complexity index is 642. The molecule has 1 saturated heterocycles. The van der Waals surface area contributed by atoms with Crippen LogP contribution in [0.3, 0.4) is 0 Å². The summed E-state index contributed by atoms with van der Waals surface area (Å²) in [5, 5.41) is 10.9. The lowest BCUT2D eigenvalue weighted by Crippen LogP contribution is -2.14. The molecule has 0 aliphatic carbocycles. The van der Waals surface area contributed by atoms with Crippen LogP contribution < -0.4 is 10.2 Å². The summed E-state index contributed by atoms with van der Waals surface area (Å²) in [6.45, 7) is 2.20. The molecule has 0 saturated carbocycles. The van der Waals surface area contributed by atoms with E-state index < -0.39 is 0 Å². The van der Waals surface area contributed by atoms with Gasteiger partial charge in [-0.15, -0.1) is 0 Å². The number of benzene rings is 1. The molecule has 2 N–H and O–H groups in total. The van der Waals surface area contributed by atoms with Gasteiger partial charge in [0.2, 0.25) is 0 Å². The molecule has 2 aromatic rings. The number of aromatic nitrogens is 3. The Kier molecular flexibility index (Phi) is 3.15. The standard InChI is InChI=1S/C16H21N5/c1-21-8-6-12-9-11(4-5-14(12)21)10-15-18-16(20-19-15)13-3-2-7-17-13/h4-5,9,13,17H,2-3,6-8,10H2,1H3,(H,18,19,20). The largest absolute Gasteiger partial charge is 0.374 e. The van der Waals surface area contributed by atoms with Gasteiger partial charge in [0.25, 0.3) is 0 Å². The molecule has 1 aromatic heterocycles. The first-order valence-electron chi connectivity index (χ1n) is 7.77. The maximum Gasteiger partial charge on any atom is 0.167 e. The zero-order valence-electron chi connectivity index (χ0n) is 12.4. The molecule has 5 nitrogen and oxygen atoms in total. The Morgan fingerprint density at radius 3 is 3.19 bits per heavy atom. The lowest BCUT2D eigenvalue weighted by atomic mass is 10.1. The number of nitrogens with one attached hydrogen (secondary N) is 2. The summed E-state index contributed by atoms with van der Waals surface area (Å²) < 4.78 is 0. The minimum atomic E-state index is 0.337. The van der Waals surface area contributed by atoms with Gasteiger partial charge in [0.05, 0.1) is 6.04 Å². The van der Waals surface area contributed by atoms with E-state index in [0.717, 1.165) is 44.0 Å². The second-order valence-electron chi connectivity index (χ2n) is 6.10. The average Bonchev–Trinajstić information content (AvgIpc) is 3.20. The van der Waals surface area contributed by atoms with Crippen LogP contribution in [-0.4, -0.2) is 35.3 Å². The summed E-state index contributed by atoms with van der Waals surface area (Å²) >= 11 is 0. The number of H-pyrrole nitrogens is 1. The Balaban J connectivity index is 1.51. The van der Waals surface area contributed by atoms with Crippen LogP contribution in [0.15, 0.2) is 18.2 Å². The normalized spacial score (nSPS) is 21.0. The summed E-state index contributed by atoms with van der Waals surface area (Å²) in [5.41, 5.74) is 4.13. The van der Waals surface area contributed by atoms with Gasteiger partial charge in [-0.2, -0.15) is 5.10 Å². The molecule has 110 valence electrons. The molecule has 21 heavy (non-hydrogen) atoms. The van der Waals surface area contributed by atoms with Crippen LogP contribution in [0.2, 0.25) is 0 Å². The van der Waals surface area contributed by atoms with Crippen molar-refractivity contribution in [3.05, 3.63) is 41.0 Å². The van der Waals surface area contributed by atoms with E-state index in [1.165, 1.54) is 23.2 Å². The average molecular weight is 283 g/mol. The van der Waals surface area contributed by atoms with Crippen molar-refractivity contribution >= 4 is 5.69 Å². The third-order valence-electron chi connectivity index (χ3n) is 4.56. The van der Waals surface area contributed by atoms with E-state index in [1.807, 2.05) is 0 Å². The van der Waals surface area contributed by atoms with Crippen LogP contribution in [0.4, 0.5) is 5.69 Å². The van der Waals surface area contributed by atoms with Gasteiger partial charge in [-0.1, -0.05) is 12.1 Å². The first kappa shape index (κ1) is 12.8. The summed E-state index contributed by atoms with van der Waals surface area (Å²) in [7, 11) is 2.16. The van der Waals surface area contributed by atoms with Gasteiger partial charge in [-0.25, -0.2) is 4.98 Å². The fraction of sp³-hybridized carbons (Fsp3) is 0.500. The molecule has 2 aliphatic rings. The zero-order valence-corrected chi connectivity index (χ0v) is 12.4. The summed E-state index contributed by atoms with van der Waals surface area (Å²) in [4.78, 5) is 6.97. The van der Waals surface area contributed by atoms with Gasteiger partial charge in [0, 0.05) is 25.7 Å². The van der Waals surface area contributed by atoms with Crippen molar-refractivity contribution < 1.29 is 0 Å². The molecular weight excluding hydrogens is 262 g/mol. The van der Waals surface area contributed by atoms with Crippen molar-refractivity contribution in [3.63, 3.8) is 0 Å². The summed E-state index contributed by atoms with van der Waals surface area (Å²) in [6.07, 6.45) is 4.33. The molecule has 1 atom stereocenters. The van der Waals surface area contributed by atoms with E-state index in [1.54, 1.807) is 0 Å². The Hall–Kier alpha value is -1.88. The molecule has 0 spiro atoms. The first-order valence-corrected chi connectivity index (χ1v) is 7.77. The van der Waals surface area contributed by atoms with Crippen LogP contribution in [-0.2, 0) is 12.8 Å². The van der Waals surface area contributed by atoms with E-state index in [9.17, 15) is 0 Å². The van der Waals surface area contributed by atoms with E-state index in [-0.39, 0.29) is 0 Å². The van der Waals surface area contributed by atoms with Crippen molar-refractivity contribution in [2.45, 2.75) is 31.7 Å². The Labute approximate surface area is 124 Å². The lowest BCUT2D eigenvalue weighted by molar-refractivity contribution is 0.607. The van der Waals surface area contributed by atoms with E-state index in [0.29, 0.717) is 6.04 Å². The van der Waals surface area contributed by atoms with Crippen LogP contribution >= 0.6 is 0 Å². The van der Waals surface area contributed by atoms with E-state index in [2.05, 4.69) is 50.6 Å². The molecule has 0 radical (unpaired) electrons. The van der Waals surface area contributed by atoms with Crippen molar-refractivity contribution in [2.24, 2.45) is 0 Å². The van der Waals surface area contributed by atoms with Crippen molar-refractivity contribution in [2.75, 3.05) is 25.0 Å². The van der Waals surface area contributed by atoms with E-state index >= 15 is 0 Å². The van der Waals surface area contributed by atoms with Gasteiger partial charge >= 0.3 is 0 Å². The third kappa shape index (κ3) is 2.42. The van der Waals surface area contributed by atoms with E-state index in [4.69, 9.17) is 0 Å². The predicted molar refractivity (Wildman–Crippen MR) is 82.6 cm³/mol. The van der Waals surface area contributed by atoms with Crippen molar-refractivity contribution in [1.29, 1.82) is 0 Å². The molecule has 1 unspecified atom stereocenters. The third-order valence-corrected chi connectivity index (χ3v) is 4.56. The highest BCUT2D eigenvalue weighted by atomic mass is 15.2. The minimum Gasteiger partial charge on any atom is -0.374 e. The fourth-order valence-corrected chi connectivity index (χ4v) is 3.37. The highest BCUT2D eigenvalue weighted by Crippen LogP contribution is 2.28. The number of aromatic amines is 1. The molecule has 2 aliphatic heterocycles. The van der Waals surface area contributed by atoms with Crippen LogP contribution in [0.25, 0.3) is 0 Å². The number of fused-ring (bicyclic) bond motifs is 1. The van der Waals surface area contributed by atoms with Gasteiger partial charge < -0.3 is 10.2 Å². The first-order chi connectivity index (χ1) is 10.3. The number of hydrogen-bond donors (Lipinski definition) is 2. The molecule has 0 bridgehead atoms. The molecule has 1 aromatic carbocycles. The minimum absolute atomic E-state index is 0.337. The summed E-state index contributed by atoms with van der Waals surface area (Å²) in [6, 6.07) is 7.09. The highest BCUT2D eigenvalue weighted by molar-refractivity contribution is 5.58. The number of hydrogen-bond acceptors (Lipinski definition) is 4. The van der Waals surface area contributed by atoms with Crippen molar-refractivity contribution in [3.8, 4) is 0 Å². The molecule has 1 fully saturated rings. The van der Waals surface area contributed by atoms with Gasteiger partial charge in [-0.05, 0) is 43.0 Å². The van der Waals surface area contributed by atoms with Gasteiger partial charge in [-0.3, -0.25) is 5.10 Å². The molecule has 3 heterocycles. The smallest absolute Gasteiger partial charge is 0.167 e. The zero-order chi connectivity index (χ0) is 14.2. The number of rotatable bonds is 3. The van der Waals surface area contributed by atoms with Gasteiger partial charge in [0.1, 0.15) is 5.82 Å². The summed E-state index contributed by atoms with van der Waals surface area (Å²) in [5.74, 6) is 1.88. The number of likely N-dealkylation sites (N-methyl/N-ethyl adjacent to an activating group) is 1. The second-order valence-corrected chi connectivity index (χ2v) is 6.10. The van der Waals surface area contributed by atoms with Crippen molar-refractivity contribution in [1.82, 2.24) is 20.5 Å². The SMILES string of the molecule is CN1CCc2cc(Cc3nc(C4CCCN4)n[nH]3)ccc21. The maximum absolute atomic E-state index is 4.66. The number of nitrogens with zero attached hydrogens (tertiary/aromatic N) is 3. The highest BCUT2D eigenvalue weighted by Gasteiger charge is 2.21. The van der Waals surface area contributed by atoms with Crippen LogP contribution in [0.1, 0.15) is 41.7 Å². The lowest BCUT2D eigenvalue weighted by Gasteiger charge is -2.11. The molecule has 5 heteroatoms. The molecule has 0 amide bonds. The quantitative estimate of drug-likeness (QED) is 0.902. The maximum atomic E-state index is 4.66. The Morgan fingerprint density at radius 1 is 1.38 bits per heavy atom. The second kappa shape index (κ2) is 5.15. The number of anilines is 1. The van der Waals surface area contributed by atoms with Crippen LogP contribution in [0, 0.1) is 0 Å². The fourth-order valence-electron chi connectivity index (χ4n) is 3.37. The monoisotopic (exact) mass is 283 g/mol. The van der Waals surface area contributed by atoms with Gasteiger partial charge in [0.15, 0.2) is 5.82 Å². The molecule has 4 rings (SSSR count). The molecular formula is C16H21N5. The predicted octanol–water partition coefficient (Wildman–Crippen LogP) is 1.81.